The Morgan fingerprint density at radius 2 is 2.14 bits per heavy atom. The van der Waals surface area contributed by atoms with Crippen molar-refractivity contribution in [3.05, 3.63) is 22.4 Å². The monoisotopic (exact) mass is 310 g/mol. The van der Waals surface area contributed by atoms with Gasteiger partial charge in [-0.15, -0.1) is 11.3 Å². The molecule has 1 atom stereocenters. The van der Waals surface area contributed by atoms with Gasteiger partial charge in [-0.3, -0.25) is 9.69 Å². The third kappa shape index (κ3) is 3.45. The van der Waals surface area contributed by atoms with Crippen LogP contribution >= 0.6 is 11.3 Å². The van der Waals surface area contributed by atoms with Gasteiger partial charge in [-0.05, 0) is 18.4 Å². The lowest BCUT2D eigenvalue weighted by molar-refractivity contribution is -0.171. The summed E-state index contributed by atoms with van der Waals surface area (Å²) in [5, 5.41) is 2.09. The van der Waals surface area contributed by atoms with Crippen molar-refractivity contribution in [2.45, 2.75) is 19.1 Å². The zero-order valence-electron chi connectivity index (χ0n) is 12.4. The van der Waals surface area contributed by atoms with Gasteiger partial charge in [0.2, 0.25) is 0 Å². The second kappa shape index (κ2) is 6.44. The van der Waals surface area contributed by atoms with Crippen LogP contribution in [-0.4, -0.2) is 67.3 Å². The van der Waals surface area contributed by atoms with Crippen LogP contribution in [0.4, 0.5) is 0 Å². The Morgan fingerprint density at radius 1 is 1.33 bits per heavy atom. The van der Waals surface area contributed by atoms with Crippen molar-refractivity contribution in [3.63, 3.8) is 0 Å². The number of nitrogens with zero attached hydrogens (tertiary/aromatic N) is 2. The lowest BCUT2D eigenvalue weighted by Crippen LogP contribution is -2.60. The Balaban J connectivity index is 1.64. The Morgan fingerprint density at radius 3 is 2.86 bits per heavy atom. The topological polar surface area (TPSA) is 42.0 Å². The number of ether oxygens (including phenoxy) is 2. The standard InChI is InChI=1S/C15H22N2O3S/c1-15(14(18)17-5-7-19-8-6-17)12-16(4-9-20-15)11-13-3-2-10-21-13/h2-3,10H,4-9,11-12H2,1H3/t15-/m1/s1. The number of rotatable bonds is 3. The van der Waals surface area contributed by atoms with E-state index in [4.69, 9.17) is 9.47 Å². The SMILES string of the molecule is C[C@]1(C(=O)N2CCOCC2)CN(Cc2cccs2)CCO1. The first-order chi connectivity index (χ1) is 10.2. The van der Waals surface area contributed by atoms with E-state index in [2.05, 4.69) is 22.4 Å². The van der Waals surface area contributed by atoms with Gasteiger partial charge in [0.05, 0.1) is 19.8 Å². The van der Waals surface area contributed by atoms with Crippen LogP contribution in [0, 0.1) is 0 Å². The molecule has 2 saturated heterocycles. The summed E-state index contributed by atoms with van der Waals surface area (Å²) in [6.07, 6.45) is 0. The van der Waals surface area contributed by atoms with Crippen molar-refractivity contribution >= 4 is 17.2 Å². The van der Waals surface area contributed by atoms with Crippen molar-refractivity contribution in [2.24, 2.45) is 0 Å². The maximum absolute atomic E-state index is 12.7. The Labute approximate surface area is 129 Å². The largest absolute Gasteiger partial charge is 0.378 e. The molecule has 0 saturated carbocycles. The molecule has 0 spiro atoms. The van der Waals surface area contributed by atoms with Gasteiger partial charge < -0.3 is 14.4 Å². The van der Waals surface area contributed by atoms with Crippen molar-refractivity contribution in [1.29, 1.82) is 0 Å². The van der Waals surface area contributed by atoms with Gasteiger partial charge in [0.1, 0.15) is 0 Å². The molecular formula is C15H22N2O3S. The smallest absolute Gasteiger partial charge is 0.256 e. The van der Waals surface area contributed by atoms with E-state index in [1.807, 2.05) is 11.8 Å². The Hall–Kier alpha value is -0.950. The maximum atomic E-state index is 12.7. The Kier molecular flexibility index (Phi) is 4.59. The lowest BCUT2D eigenvalue weighted by atomic mass is 10.0. The average molecular weight is 310 g/mol. The number of amides is 1. The minimum Gasteiger partial charge on any atom is -0.378 e. The molecule has 0 aliphatic carbocycles. The molecular weight excluding hydrogens is 288 g/mol. The molecule has 5 nitrogen and oxygen atoms in total. The van der Waals surface area contributed by atoms with E-state index in [0.29, 0.717) is 39.5 Å². The molecule has 3 rings (SSSR count). The molecule has 0 bridgehead atoms. The summed E-state index contributed by atoms with van der Waals surface area (Å²) in [5.41, 5.74) is -0.729. The highest BCUT2D eigenvalue weighted by atomic mass is 32.1. The van der Waals surface area contributed by atoms with Crippen molar-refractivity contribution in [3.8, 4) is 0 Å². The van der Waals surface area contributed by atoms with Crippen LogP contribution in [0.3, 0.4) is 0 Å². The van der Waals surface area contributed by atoms with Gasteiger partial charge in [0.25, 0.3) is 5.91 Å². The van der Waals surface area contributed by atoms with Gasteiger partial charge in [0, 0.05) is 37.6 Å². The fourth-order valence-electron chi connectivity index (χ4n) is 2.94. The summed E-state index contributed by atoms with van der Waals surface area (Å²) in [4.78, 5) is 18.3. The fraction of sp³-hybridized carbons (Fsp3) is 0.667. The molecule has 6 heteroatoms. The van der Waals surface area contributed by atoms with E-state index in [1.165, 1.54) is 4.88 Å². The summed E-state index contributed by atoms with van der Waals surface area (Å²) in [6.45, 7) is 7.55. The first-order valence-corrected chi connectivity index (χ1v) is 8.31. The number of hydrogen-bond donors (Lipinski definition) is 0. The molecule has 0 radical (unpaired) electrons. The Bertz CT molecular complexity index is 473. The van der Waals surface area contributed by atoms with Crippen molar-refractivity contribution < 1.29 is 14.3 Å². The normalized spacial score (nSPS) is 27.8. The molecule has 2 aliphatic heterocycles. The third-order valence-electron chi connectivity index (χ3n) is 4.06. The van der Waals surface area contributed by atoms with Crippen LogP contribution in [0.5, 0.6) is 0 Å². The minimum absolute atomic E-state index is 0.0988. The number of carbonyl (C=O) groups is 1. The van der Waals surface area contributed by atoms with Gasteiger partial charge in [-0.2, -0.15) is 0 Å². The summed E-state index contributed by atoms with van der Waals surface area (Å²) in [7, 11) is 0. The quantitative estimate of drug-likeness (QED) is 0.841. The molecule has 116 valence electrons. The second-order valence-corrected chi connectivity index (χ2v) is 6.81. The molecule has 1 aromatic rings. The van der Waals surface area contributed by atoms with Gasteiger partial charge in [-0.25, -0.2) is 0 Å². The lowest BCUT2D eigenvalue weighted by Gasteiger charge is -2.42. The average Bonchev–Trinajstić information content (AvgIpc) is 3.00. The van der Waals surface area contributed by atoms with Crippen molar-refractivity contribution in [2.75, 3.05) is 46.0 Å². The van der Waals surface area contributed by atoms with Crippen LogP contribution in [0.1, 0.15) is 11.8 Å². The number of morpholine rings is 2. The maximum Gasteiger partial charge on any atom is 0.256 e. The van der Waals surface area contributed by atoms with Crippen LogP contribution < -0.4 is 0 Å². The summed E-state index contributed by atoms with van der Waals surface area (Å²) in [6, 6.07) is 4.21. The molecule has 2 aliphatic rings. The van der Waals surface area contributed by atoms with Gasteiger partial charge in [0.15, 0.2) is 5.60 Å². The van der Waals surface area contributed by atoms with E-state index < -0.39 is 5.60 Å². The van der Waals surface area contributed by atoms with Gasteiger partial charge >= 0.3 is 0 Å². The molecule has 2 fully saturated rings. The number of thiophene rings is 1. The number of carbonyl (C=O) groups excluding carboxylic acids is 1. The first-order valence-electron chi connectivity index (χ1n) is 7.43. The summed E-state index contributed by atoms with van der Waals surface area (Å²) < 4.78 is 11.2. The predicted octanol–water partition coefficient (Wildman–Crippen LogP) is 1.20. The predicted molar refractivity (Wildman–Crippen MR) is 81.4 cm³/mol. The molecule has 0 unspecified atom stereocenters. The number of hydrogen-bond acceptors (Lipinski definition) is 5. The van der Waals surface area contributed by atoms with Gasteiger partial charge in [-0.1, -0.05) is 6.07 Å². The van der Waals surface area contributed by atoms with E-state index in [0.717, 1.165) is 13.1 Å². The molecule has 21 heavy (non-hydrogen) atoms. The summed E-state index contributed by atoms with van der Waals surface area (Å²) in [5.74, 6) is 0.0988. The third-order valence-corrected chi connectivity index (χ3v) is 4.92. The highest BCUT2D eigenvalue weighted by molar-refractivity contribution is 7.09. The van der Waals surface area contributed by atoms with E-state index in [-0.39, 0.29) is 5.91 Å². The highest BCUT2D eigenvalue weighted by Gasteiger charge is 2.42. The molecule has 0 aromatic carbocycles. The minimum atomic E-state index is -0.729. The van der Waals surface area contributed by atoms with Crippen LogP contribution in [0.15, 0.2) is 17.5 Å². The van der Waals surface area contributed by atoms with Crippen molar-refractivity contribution in [1.82, 2.24) is 9.80 Å². The summed E-state index contributed by atoms with van der Waals surface area (Å²) >= 11 is 1.76. The highest BCUT2D eigenvalue weighted by Crippen LogP contribution is 2.23. The van der Waals surface area contributed by atoms with Crippen LogP contribution in [0.2, 0.25) is 0 Å². The zero-order valence-corrected chi connectivity index (χ0v) is 13.2. The molecule has 1 aromatic heterocycles. The molecule has 0 N–H and O–H groups in total. The fourth-order valence-corrected chi connectivity index (χ4v) is 3.69. The van der Waals surface area contributed by atoms with Crippen LogP contribution in [0.25, 0.3) is 0 Å². The van der Waals surface area contributed by atoms with Crippen LogP contribution in [-0.2, 0) is 20.8 Å². The first kappa shape index (κ1) is 15.0. The second-order valence-electron chi connectivity index (χ2n) is 5.77. The zero-order chi connectivity index (χ0) is 14.7. The van der Waals surface area contributed by atoms with E-state index >= 15 is 0 Å². The molecule has 3 heterocycles. The molecule has 1 amide bonds. The van der Waals surface area contributed by atoms with E-state index in [1.54, 1.807) is 11.3 Å². The van der Waals surface area contributed by atoms with E-state index in [9.17, 15) is 4.79 Å².